The quantitative estimate of drug-likeness (QED) is 0.686. The van der Waals surface area contributed by atoms with Crippen molar-refractivity contribution in [3.63, 3.8) is 0 Å². The Labute approximate surface area is 101 Å². The van der Waals surface area contributed by atoms with Gasteiger partial charge in [0.05, 0.1) is 5.52 Å². The van der Waals surface area contributed by atoms with E-state index in [2.05, 4.69) is 4.98 Å². The van der Waals surface area contributed by atoms with E-state index >= 15 is 0 Å². The third-order valence-corrected chi connectivity index (χ3v) is 2.99. The summed E-state index contributed by atoms with van der Waals surface area (Å²) in [4.78, 5) is 25.4. The van der Waals surface area contributed by atoms with E-state index in [9.17, 15) is 9.59 Å². The van der Waals surface area contributed by atoms with Crippen molar-refractivity contribution in [3.8, 4) is 0 Å². The monoisotopic (exact) mass is 243 g/mol. The summed E-state index contributed by atoms with van der Waals surface area (Å²) in [6, 6.07) is 7.23. The minimum absolute atomic E-state index is 0.276. The molecule has 2 N–H and O–H groups in total. The number of H-pyrrole nitrogens is 1. The van der Waals surface area contributed by atoms with E-state index in [4.69, 9.17) is 9.52 Å². The number of aromatic nitrogens is 1. The molecule has 1 aromatic carbocycles. The van der Waals surface area contributed by atoms with Crippen molar-refractivity contribution in [2.45, 2.75) is 6.92 Å². The molecule has 0 aliphatic rings. The van der Waals surface area contributed by atoms with Crippen molar-refractivity contribution < 1.29 is 14.3 Å². The number of aromatic amines is 1. The molecular weight excluding hydrogens is 234 g/mol. The van der Waals surface area contributed by atoms with Crippen LogP contribution in [0.5, 0.6) is 0 Å². The lowest BCUT2D eigenvalue weighted by Gasteiger charge is -1.99. The molecule has 0 atom stereocenters. The molecule has 0 fully saturated rings. The van der Waals surface area contributed by atoms with Gasteiger partial charge in [-0.3, -0.25) is 4.79 Å². The Morgan fingerprint density at radius 1 is 1.33 bits per heavy atom. The van der Waals surface area contributed by atoms with Gasteiger partial charge in [0.1, 0.15) is 11.1 Å². The summed E-state index contributed by atoms with van der Waals surface area (Å²) >= 11 is 0. The Bertz CT molecular complexity index is 841. The first-order valence-corrected chi connectivity index (χ1v) is 5.37. The van der Waals surface area contributed by atoms with Crippen LogP contribution in [0.25, 0.3) is 22.1 Å². The average molecular weight is 243 g/mol. The molecule has 0 amide bonds. The standard InChI is InChI=1S/C13H9NO4/c1-6-9(13(16)17)12(15)14-10-7-4-2-3-5-8(7)18-11(6)10/h2-5H,1H3,(H,14,15)(H,16,17). The molecule has 5 nitrogen and oxygen atoms in total. The second-order valence-corrected chi connectivity index (χ2v) is 4.06. The largest absolute Gasteiger partial charge is 0.477 e. The first-order chi connectivity index (χ1) is 8.59. The lowest BCUT2D eigenvalue weighted by molar-refractivity contribution is 0.0694. The normalized spacial score (nSPS) is 11.2. The molecular formula is C13H9NO4. The van der Waals surface area contributed by atoms with Crippen molar-refractivity contribution in [2.24, 2.45) is 0 Å². The van der Waals surface area contributed by atoms with Gasteiger partial charge in [-0.2, -0.15) is 0 Å². The number of carboxylic acid groups (broad SMARTS) is 1. The van der Waals surface area contributed by atoms with Gasteiger partial charge >= 0.3 is 5.97 Å². The highest BCUT2D eigenvalue weighted by atomic mass is 16.4. The first kappa shape index (κ1) is 10.6. The molecule has 0 unspecified atom stereocenters. The molecule has 0 bridgehead atoms. The van der Waals surface area contributed by atoms with Crippen LogP contribution >= 0.6 is 0 Å². The molecule has 0 saturated heterocycles. The van der Waals surface area contributed by atoms with Crippen molar-refractivity contribution in [1.82, 2.24) is 4.98 Å². The number of aromatic carboxylic acids is 1. The Hall–Kier alpha value is -2.56. The summed E-state index contributed by atoms with van der Waals surface area (Å²) in [5.74, 6) is -1.25. The summed E-state index contributed by atoms with van der Waals surface area (Å²) in [6.07, 6.45) is 0. The summed E-state index contributed by atoms with van der Waals surface area (Å²) in [5.41, 5.74) is 1.03. The van der Waals surface area contributed by atoms with E-state index in [-0.39, 0.29) is 5.56 Å². The lowest BCUT2D eigenvalue weighted by atomic mass is 10.1. The van der Waals surface area contributed by atoms with Crippen LogP contribution in [0, 0.1) is 6.92 Å². The topological polar surface area (TPSA) is 83.3 Å². The van der Waals surface area contributed by atoms with Crippen molar-refractivity contribution in [1.29, 1.82) is 0 Å². The third kappa shape index (κ3) is 1.27. The fraction of sp³-hybridized carbons (Fsp3) is 0.0769. The molecule has 0 saturated carbocycles. The molecule has 2 aromatic heterocycles. The molecule has 0 aliphatic carbocycles. The maximum absolute atomic E-state index is 11.8. The smallest absolute Gasteiger partial charge is 0.341 e. The van der Waals surface area contributed by atoms with Crippen LogP contribution in [0.2, 0.25) is 0 Å². The number of benzene rings is 1. The molecule has 3 rings (SSSR count). The number of furan rings is 1. The number of carbonyl (C=O) groups is 1. The van der Waals surface area contributed by atoms with Gasteiger partial charge in [-0.1, -0.05) is 12.1 Å². The molecule has 90 valence electrons. The Balaban J connectivity index is 2.58. The SMILES string of the molecule is Cc1c(C(=O)O)c(=O)[nH]c2c1oc1ccccc12. The summed E-state index contributed by atoms with van der Waals surface area (Å²) < 4.78 is 5.60. The fourth-order valence-electron chi connectivity index (χ4n) is 2.15. The van der Waals surface area contributed by atoms with Crippen LogP contribution in [0.3, 0.4) is 0 Å². The van der Waals surface area contributed by atoms with E-state index in [0.29, 0.717) is 22.2 Å². The van der Waals surface area contributed by atoms with Gasteiger partial charge in [0.25, 0.3) is 5.56 Å². The molecule has 5 heteroatoms. The number of para-hydroxylation sites is 1. The summed E-state index contributed by atoms with van der Waals surface area (Å²) in [6.45, 7) is 1.57. The predicted octanol–water partition coefficient (Wildman–Crippen LogP) is 2.28. The van der Waals surface area contributed by atoms with Crippen LogP contribution in [-0.2, 0) is 0 Å². The Morgan fingerprint density at radius 3 is 2.78 bits per heavy atom. The van der Waals surface area contributed by atoms with E-state index < -0.39 is 11.5 Å². The Kier molecular flexibility index (Phi) is 2.04. The Morgan fingerprint density at radius 2 is 2.06 bits per heavy atom. The number of fused-ring (bicyclic) bond motifs is 3. The highest BCUT2D eigenvalue weighted by Gasteiger charge is 2.19. The average Bonchev–Trinajstić information content (AvgIpc) is 2.68. The number of carboxylic acids is 1. The van der Waals surface area contributed by atoms with Gasteiger partial charge < -0.3 is 14.5 Å². The second kappa shape index (κ2) is 3.46. The van der Waals surface area contributed by atoms with E-state index in [0.717, 1.165) is 5.39 Å². The highest BCUT2D eigenvalue weighted by molar-refractivity contribution is 6.05. The molecule has 0 aliphatic heterocycles. The van der Waals surface area contributed by atoms with Crippen LogP contribution in [0.4, 0.5) is 0 Å². The minimum Gasteiger partial charge on any atom is -0.477 e. The van der Waals surface area contributed by atoms with Crippen LogP contribution < -0.4 is 5.56 Å². The summed E-state index contributed by atoms with van der Waals surface area (Å²) in [7, 11) is 0. The van der Waals surface area contributed by atoms with E-state index in [1.54, 1.807) is 13.0 Å². The second-order valence-electron chi connectivity index (χ2n) is 4.06. The zero-order valence-corrected chi connectivity index (χ0v) is 9.48. The fourth-order valence-corrected chi connectivity index (χ4v) is 2.15. The minimum atomic E-state index is -1.25. The van der Waals surface area contributed by atoms with Crippen molar-refractivity contribution in [3.05, 3.63) is 45.7 Å². The maximum atomic E-state index is 11.8. The van der Waals surface area contributed by atoms with Gasteiger partial charge in [0, 0.05) is 10.9 Å². The molecule has 0 radical (unpaired) electrons. The van der Waals surface area contributed by atoms with Crippen LogP contribution in [0.1, 0.15) is 15.9 Å². The summed E-state index contributed by atoms with van der Waals surface area (Å²) in [5, 5.41) is 9.79. The number of aryl methyl sites for hydroxylation is 1. The highest BCUT2D eigenvalue weighted by Crippen LogP contribution is 2.28. The maximum Gasteiger partial charge on any atom is 0.341 e. The molecule has 2 heterocycles. The van der Waals surface area contributed by atoms with Crippen LogP contribution in [0.15, 0.2) is 33.5 Å². The zero-order chi connectivity index (χ0) is 12.9. The van der Waals surface area contributed by atoms with E-state index in [1.807, 2.05) is 18.2 Å². The van der Waals surface area contributed by atoms with Gasteiger partial charge in [0.2, 0.25) is 0 Å². The molecule has 3 aromatic rings. The zero-order valence-electron chi connectivity index (χ0n) is 9.48. The van der Waals surface area contributed by atoms with Gasteiger partial charge in [-0.15, -0.1) is 0 Å². The predicted molar refractivity (Wildman–Crippen MR) is 66.0 cm³/mol. The number of hydrogen-bond donors (Lipinski definition) is 2. The van der Waals surface area contributed by atoms with Gasteiger partial charge in [-0.25, -0.2) is 4.79 Å². The van der Waals surface area contributed by atoms with Crippen LogP contribution in [-0.4, -0.2) is 16.1 Å². The van der Waals surface area contributed by atoms with Crippen molar-refractivity contribution >= 4 is 28.0 Å². The molecule has 0 spiro atoms. The number of rotatable bonds is 1. The first-order valence-electron chi connectivity index (χ1n) is 5.37. The lowest BCUT2D eigenvalue weighted by Crippen LogP contribution is -2.19. The number of nitrogens with one attached hydrogen (secondary N) is 1. The van der Waals surface area contributed by atoms with Gasteiger partial charge in [-0.05, 0) is 19.1 Å². The van der Waals surface area contributed by atoms with Crippen molar-refractivity contribution in [2.75, 3.05) is 0 Å². The number of pyridine rings is 1. The number of hydrogen-bond acceptors (Lipinski definition) is 3. The molecule has 18 heavy (non-hydrogen) atoms. The third-order valence-electron chi connectivity index (χ3n) is 2.99. The van der Waals surface area contributed by atoms with Gasteiger partial charge in [0.15, 0.2) is 5.58 Å². The van der Waals surface area contributed by atoms with E-state index in [1.165, 1.54) is 0 Å².